The molecule has 0 aromatic heterocycles. The lowest BCUT2D eigenvalue weighted by atomic mass is 9.78. The summed E-state index contributed by atoms with van der Waals surface area (Å²) in [7, 11) is 3.36. The molecule has 30 heavy (non-hydrogen) atoms. The minimum atomic E-state index is -0.107. The predicted octanol–water partition coefficient (Wildman–Crippen LogP) is 3.05. The van der Waals surface area contributed by atoms with Crippen LogP contribution in [-0.4, -0.2) is 58.4 Å². The highest BCUT2D eigenvalue weighted by atomic mass is 127. The quantitative estimate of drug-likeness (QED) is 0.218. The van der Waals surface area contributed by atoms with Gasteiger partial charge in [0.05, 0.1) is 13.2 Å². The zero-order valence-corrected chi connectivity index (χ0v) is 21.1. The lowest BCUT2D eigenvalue weighted by molar-refractivity contribution is -0.0835. The molecule has 0 spiro atoms. The van der Waals surface area contributed by atoms with Crippen LogP contribution in [0.4, 0.5) is 0 Å². The highest BCUT2D eigenvalue weighted by Crippen LogP contribution is 2.33. The van der Waals surface area contributed by atoms with E-state index in [9.17, 15) is 4.79 Å². The number of benzene rings is 1. The molecule has 2 unspecified atom stereocenters. The summed E-state index contributed by atoms with van der Waals surface area (Å²) in [5.41, 5.74) is 0.731. The Morgan fingerprint density at radius 1 is 1.17 bits per heavy atom. The van der Waals surface area contributed by atoms with Crippen LogP contribution >= 0.6 is 24.0 Å². The Balaban J connectivity index is 0.00000450. The van der Waals surface area contributed by atoms with Crippen LogP contribution in [0.5, 0.6) is 5.75 Å². The fraction of sp³-hybridized carbons (Fsp3) is 0.636. The van der Waals surface area contributed by atoms with Gasteiger partial charge in [0.1, 0.15) is 5.75 Å². The maximum Gasteiger partial charge on any atom is 0.251 e. The van der Waals surface area contributed by atoms with Crippen molar-refractivity contribution in [3.05, 3.63) is 29.8 Å². The van der Waals surface area contributed by atoms with Gasteiger partial charge in [0.2, 0.25) is 0 Å². The molecule has 1 heterocycles. The second kappa shape index (κ2) is 13.0. The molecule has 2 atom stereocenters. The molecule has 0 saturated carbocycles. The molecule has 1 aromatic carbocycles. The van der Waals surface area contributed by atoms with Crippen molar-refractivity contribution >= 4 is 35.8 Å². The molecule has 8 heteroatoms. The van der Waals surface area contributed by atoms with Crippen molar-refractivity contribution in [1.29, 1.82) is 0 Å². The van der Waals surface area contributed by atoms with Crippen molar-refractivity contribution in [3.8, 4) is 5.75 Å². The molecule has 1 aliphatic heterocycles. The minimum Gasteiger partial charge on any atom is -0.497 e. The molecule has 1 amide bonds. The van der Waals surface area contributed by atoms with E-state index in [1.165, 1.54) is 0 Å². The third-order valence-electron chi connectivity index (χ3n) is 5.11. The molecule has 1 saturated heterocycles. The van der Waals surface area contributed by atoms with Crippen LogP contribution in [-0.2, 0) is 4.74 Å². The van der Waals surface area contributed by atoms with Crippen LogP contribution in [0.3, 0.4) is 0 Å². The number of methoxy groups -OCH3 is 1. The number of hydrogen-bond donors (Lipinski definition) is 3. The lowest BCUT2D eigenvalue weighted by Gasteiger charge is -2.40. The molecule has 3 N–H and O–H groups in total. The van der Waals surface area contributed by atoms with Crippen LogP contribution in [0, 0.1) is 11.3 Å². The van der Waals surface area contributed by atoms with Crippen molar-refractivity contribution in [3.63, 3.8) is 0 Å². The number of halogens is 1. The number of carbonyl (C=O) groups excluding carboxylic acids is 1. The number of nitrogens with zero attached hydrogens (tertiary/aromatic N) is 1. The van der Waals surface area contributed by atoms with Gasteiger partial charge in [-0.3, -0.25) is 9.79 Å². The Morgan fingerprint density at radius 3 is 2.43 bits per heavy atom. The number of aliphatic imine (C=N–C) groups is 1. The molecule has 0 bridgehead atoms. The van der Waals surface area contributed by atoms with E-state index in [2.05, 4.69) is 41.7 Å². The summed E-state index contributed by atoms with van der Waals surface area (Å²) in [6.07, 6.45) is 2.50. The Labute approximate surface area is 197 Å². The molecule has 2 rings (SSSR count). The third kappa shape index (κ3) is 8.29. The van der Waals surface area contributed by atoms with Gasteiger partial charge in [-0.25, -0.2) is 0 Å². The second-order valence-corrected chi connectivity index (χ2v) is 8.42. The van der Waals surface area contributed by atoms with E-state index in [1.54, 1.807) is 38.4 Å². The van der Waals surface area contributed by atoms with Crippen LogP contribution in [0.1, 0.15) is 44.0 Å². The lowest BCUT2D eigenvalue weighted by Crippen LogP contribution is -2.48. The SMILES string of the molecule is CN=C(NCCNC(=O)c1ccc(OC)cc1)NCC1CCCOC1C(C)(C)C.I. The highest BCUT2D eigenvalue weighted by molar-refractivity contribution is 14.0. The summed E-state index contributed by atoms with van der Waals surface area (Å²) >= 11 is 0. The van der Waals surface area contributed by atoms with Crippen molar-refractivity contribution < 1.29 is 14.3 Å². The number of nitrogens with one attached hydrogen (secondary N) is 3. The van der Waals surface area contributed by atoms with Gasteiger partial charge in [-0.05, 0) is 42.5 Å². The minimum absolute atomic E-state index is 0. The zero-order valence-electron chi connectivity index (χ0n) is 18.8. The fourth-order valence-electron chi connectivity index (χ4n) is 3.66. The summed E-state index contributed by atoms with van der Waals surface area (Å²) in [5, 5.41) is 9.56. The van der Waals surface area contributed by atoms with Crippen molar-refractivity contribution in [2.75, 3.05) is 40.4 Å². The van der Waals surface area contributed by atoms with Gasteiger partial charge in [0, 0.05) is 44.8 Å². The van der Waals surface area contributed by atoms with E-state index in [0.29, 0.717) is 24.6 Å². The van der Waals surface area contributed by atoms with E-state index in [4.69, 9.17) is 9.47 Å². The first-order valence-electron chi connectivity index (χ1n) is 10.3. The monoisotopic (exact) mass is 532 g/mol. The van der Waals surface area contributed by atoms with Gasteiger partial charge in [-0.15, -0.1) is 24.0 Å². The molecular formula is C22H37IN4O3. The Morgan fingerprint density at radius 2 is 1.83 bits per heavy atom. The van der Waals surface area contributed by atoms with E-state index in [0.717, 1.165) is 37.7 Å². The number of amides is 1. The normalized spacial score (nSPS) is 19.4. The maximum atomic E-state index is 12.2. The molecular weight excluding hydrogens is 495 g/mol. The molecule has 1 fully saturated rings. The van der Waals surface area contributed by atoms with E-state index < -0.39 is 0 Å². The van der Waals surface area contributed by atoms with Crippen LogP contribution < -0.4 is 20.7 Å². The van der Waals surface area contributed by atoms with Gasteiger partial charge >= 0.3 is 0 Å². The molecule has 170 valence electrons. The Hall–Kier alpha value is -1.55. The first-order chi connectivity index (χ1) is 13.8. The summed E-state index contributed by atoms with van der Waals surface area (Å²) < 4.78 is 11.2. The number of hydrogen-bond acceptors (Lipinski definition) is 4. The van der Waals surface area contributed by atoms with Crippen LogP contribution in [0.25, 0.3) is 0 Å². The average Bonchev–Trinajstić information content (AvgIpc) is 2.72. The van der Waals surface area contributed by atoms with Gasteiger partial charge in [-0.1, -0.05) is 20.8 Å². The van der Waals surface area contributed by atoms with E-state index in [-0.39, 0.29) is 41.4 Å². The molecule has 1 aliphatic rings. The number of rotatable bonds is 7. The van der Waals surface area contributed by atoms with Crippen molar-refractivity contribution in [2.24, 2.45) is 16.3 Å². The van der Waals surface area contributed by atoms with Gasteiger partial charge in [-0.2, -0.15) is 0 Å². The predicted molar refractivity (Wildman–Crippen MR) is 132 cm³/mol. The summed E-state index contributed by atoms with van der Waals surface area (Å²) in [6.45, 7) is 9.45. The standard InChI is InChI=1S/C22H36N4O3.HI/c1-22(2,3)19-17(7-6-14-29-19)15-26-21(23-4)25-13-12-24-20(27)16-8-10-18(28-5)11-9-16;/h8-11,17,19H,6-7,12-15H2,1-5H3,(H,24,27)(H2,23,25,26);1H. The third-order valence-corrected chi connectivity index (χ3v) is 5.11. The van der Waals surface area contributed by atoms with Crippen molar-refractivity contribution in [1.82, 2.24) is 16.0 Å². The number of guanidine groups is 1. The number of ether oxygens (including phenoxy) is 2. The zero-order chi connectivity index (χ0) is 21.3. The van der Waals surface area contributed by atoms with E-state index in [1.807, 2.05) is 0 Å². The van der Waals surface area contributed by atoms with Crippen LogP contribution in [0.15, 0.2) is 29.3 Å². The van der Waals surface area contributed by atoms with Gasteiger partial charge in [0.15, 0.2) is 5.96 Å². The Kier molecular flexibility index (Phi) is 11.5. The summed E-state index contributed by atoms with van der Waals surface area (Å²) in [6, 6.07) is 7.05. The topological polar surface area (TPSA) is 84.0 Å². The molecule has 7 nitrogen and oxygen atoms in total. The Bertz CT molecular complexity index is 674. The smallest absolute Gasteiger partial charge is 0.251 e. The van der Waals surface area contributed by atoms with Gasteiger partial charge in [0.25, 0.3) is 5.91 Å². The second-order valence-electron chi connectivity index (χ2n) is 8.42. The summed E-state index contributed by atoms with van der Waals surface area (Å²) in [5.74, 6) is 1.82. The first kappa shape index (κ1) is 26.5. The fourth-order valence-corrected chi connectivity index (χ4v) is 3.66. The average molecular weight is 532 g/mol. The van der Waals surface area contributed by atoms with Crippen LogP contribution in [0.2, 0.25) is 0 Å². The maximum absolute atomic E-state index is 12.2. The highest BCUT2D eigenvalue weighted by Gasteiger charge is 2.35. The number of carbonyl (C=O) groups is 1. The van der Waals surface area contributed by atoms with Gasteiger partial charge < -0.3 is 25.4 Å². The summed E-state index contributed by atoms with van der Waals surface area (Å²) in [4.78, 5) is 16.5. The molecule has 0 aliphatic carbocycles. The van der Waals surface area contributed by atoms with E-state index >= 15 is 0 Å². The first-order valence-corrected chi connectivity index (χ1v) is 10.3. The molecule has 0 radical (unpaired) electrons. The largest absolute Gasteiger partial charge is 0.497 e. The van der Waals surface area contributed by atoms with Crippen molar-refractivity contribution in [2.45, 2.75) is 39.7 Å². The molecule has 1 aromatic rings.